The van der Waals surface area contributed by atoms with Gasteiger partial charge >= 0.3 is 0 Å². The van der Waals surface area contributed by atoms with Gasteiger partial charge in [-0.3, -0.25) is 0 Å². The van der Waals surface area contributed by atoms with Gasteiger partial charge in [0.2, 0.25) is 9.84 Å². The Kier molecular flexibility index (Phi) is 4.86. The van der Waals surface area contributed by atoms with Crippen molar-refractivity contribution < 1.29 is 8.42 Å². The molecule has 0 atom stereocenters. The summed E-state index contributed by atoms with van der Waals surface area (Å²) in [6.45, 7) is 11.5. The molecule has 2 aromatic rings. The Bertz CT molecular complexity index is 986. The molecule has 0 amide bonds. The number of rotatable bonds is 3. The number of thiophene rings is 2. The first-order valence-electron chi connectivity index (χ1n) is 7.97. The topological polar surface area (TPSA) is 34.1 Å². The van der Waals surface area contributed by atoms with Crippen LogP contribution in [-0.2, 0) is 9.84 Å². The summed E-state index contributed by atoms with van der Waals surface area (Å²) in [5.41, 5.74) is 0. The predicted octanol–water partition coefficient (Wildman–Crippen LogP) is 6.10. The Balaban J connectivity index is 1.96. The van der Waals surface area contributed by atoms with Gasteiger partial charge in [-0.1, -0.05) is 39.9 Å². The van der Waals surface area contributed by atoms with Crippen molar-refractivity contribution in [2.24, 2.45) is 0 Å². The smallest absolute Gasteiger partial charge is 0.209 e. The lowest BCUT2D eigenvalue weighted by molar-refractivity contribution is 0.615. The molecule has 0 aliphatic carbocycles. The first-order chi connectivity index (χ1) is 11.4. The molecule has 7 heteroatoms. The monoisotopic (exact) mass is 472 g/mol. The minimum atomic E-state index is -3.45. The molecule has 3 heterocycles. The van der Waals surface area contributed by atoms with E-state index in [-0.39, 0.29) is 5.04 Å². The van der Waals surface area contributed by atoms with Crippen molar-refractivity contribution in [2.45, 2.75) is 38.9 Å². The van der Waals surface area contributed by atoms with Crippen molar-refractivity contribution in [1.29, 1.82) is 0 Å². The molecule has 0 N–H and O–H groups in total. The third-order valence-corrected chi connectivity index (χ3v) is 16.9. The number of allylic oxidation sites excluding steroid dienone is 2. The van der Waals surface area contributed by atoms with Gasteiger partial charge in [0, 0.05) is 19.6 Å². The van der Waals surface area contributed by atoms with E-state index in [0.29, 0.717) is 9.81 Å². The van der Waals surface area contributed by atoms with Gasteiger partial charge in [0.05, 0.1) is 17.9 Å². The molecule has 134 valence electrons. The van der Waals surface area contributed by atoms with E-state index in [2.05, 4.69) is 55.9 Å². The Hall–Kier alpha value is -0.473. The Morgan fingerprint density at radius 3 is 2.16 bits per heavy atom. The van der Waals surface area contributed by atoms with Gasteiger partial charge in [-0.15, -0.1) is 22.7 Å². The summed E-state index contributed by atoms with van der Waals surface area (Å²) < 4.78 is 28.3. The highest BCUT2D eigenvalue weighted by Gasteiger charge is 2.39. The standard InChI is InChI=1S/C18H21BrO2S3Si/c1-18(2,3)25(4,5)17-9-6-13(23-17)15-7-8-16(24(15,20)21)14-10-12(19)11-22-14/h6-11H,1-5H3. The van der Waals surface area contributed by atoms with E-state index in [9.17, 15) is 8.42 Å². The number of hydrogen-bond donors (Lipinski definition) is 0. The summed E-state index contributed by atoms with van der Waals surface area (Å²) in [5, 5.41) is 2.13. The van der Waals surface area contributed by atoms with Crippen LogP contribution in [0, 0.1) is 0 Å². The zero-order valence-electron chi connectivity index (χ0n) is 14.9. The van der Waals surface area contributed by atoms with Gasteiger partial charge in [0.15, 0.2) is 0 Å². The first-order valence-corrected chi connectivity index (χ1v) is 14.9. The van der Waals surface area contributed by atoms with Crippen LogP contribution >= 0.6 is 38.6 Å². The molecule has 0 aromatic carbocycles. The summed E-state index contributed by atoms with van der Waals surface area (Å²) in [4.78, 5) is 2.46. The molecule has 25 heavy (non-hydrogen) atoms. The molecule has 1 aliphatic rings. The quantitative estimate of drug-likeness (QED) is 0.505. The third kappa shape index (κ3) is 3.29. The van der Waals surface area contributed by atoms with E-state index in [4.69, 9.17) is 0 Å². The Morgan fingerprint density at radius 1 is 1.04 bits per heavy atom. The molecular formula is C18H21BrO2S3Si. The second-order valence-corrected chi connectivity index (χ2v) is 18.2. The van der Waals surface area contributed by atoms with Crippen molar-refractivity contribution in [2.75, 3.05) is 0 Å². The van der Waals surface area contributed by atoms with Crippen LogP contribution in [0.1, 0.15) is 30.5 Å². The lowest BCUT2D eigenvalue weighted by Gasteiger charge is -2.35. The fourth-order valence-corrected chi connectivity index (χ4v) is 10.3. The molecule has 0 saturated heterocycles. The molecule has 1 aliphatic heterocycles. The Labute approximate surface area is 167 Å². The predicted molar refractivity (Wildman–Crippen MR) is 118 cm³/mol. The minimum Gasteiger partial charge on any atom is -0.218 e. The number of sulfone groups is 1. The maximum Gasteiger partial charge on any atom is 0.209 e. The molecule has 0 fully saturated rings. The van der Waals surface area contributed by atoms with Gasteiger partial charge in [0.25, 0.3) is 0 Å². The first kappa shape index (κ1) is 19.3. The largest absolute Gasteiger partial charge is 0.218 e. The van der Waals surface area contributed by atoms with Crippen LogP contribution in [0.3, 0.4) is 0 Å². The molecule has 0 saturated carbocycles. The van der Waals surface area contributed by atoms with Gasteiger partial charge < -0.3 is 0 Å². The molecule has 3 rings (SSSR count). The minimum absolute atomic E-state index is 0.227. The zero-order valence-corrected chi connectivity index (χ0v) is 19.9. The molecule has 0 radical (unpaired) electrons. The molecule has 2 aromatic heterocycles. The van der Waals surface area contributed by atoms with E-state index in [1.165, 1.54) is 15.8 Å². The highest BCUT2D eigenvalue weighted by Crippen LogP contribution is 2.43. The Morgan fingerprint density at radius 2 is 1.64 bits per heavy atom. The van der Waals surface area contributed by atoms with Crippen LogP contribution in [0.15, 0.2) is 40.2 Å². The highest BCUT2D eigenvalue weighted by molar-refractivity contribution is 9.10. The average molecular weight is 474 g/mol. The summed E-state index contributed by atoms with van der Waals surface area (Å²) >= 11 is 6.48. The zero-order chi connectivity index (χ0) is 18.6. The maximum atomic E-state index is 13.0. The lowest BCUT2D eigenvalue weighted by Crippen LogP contribution is -2.47. The van der Waals surface area contributed by atoms with E-state index in [1.807, 2.05) is 17.5 Å². The molecule has 0 unspecified atom stereocenters. The summed E-state index contributed by atoms with van der Waals surface area (Å²) in [6, 6.07) is 5.97. The van der Waals surface area contributed by atoms with Crippen LogP contribution in [0.4, 0.5) is 0 Å². The number of halogens is 1. The SMILES string of the molecule is CC(C)(C)[Si](C)(C)c1ccc(C2=CC=C(c3cc(Br)cs3)S2(=O)=O)s1. The second-order valence-electron chi connectivity index (χ2n) is 7.73. The van der Waals surface area contributed by atoms with Gasteiger partial charge in [-0.2, -0.15) is 0 Å². The summed E-state index contributed by atoms with van der Waals surface area (Å²) in [7, 11) is -5.11. The van der Waals surface area contributed by atoms with E-state index >= 15 is 0 Å². The van der Waals surface area contributed by atoms with E-state index < -0.39 is 17.9 Å². The van der Waals surface area contributed by atoms with Crippen LogP contribution < -0.4 is 4.50 Å². The third-order valence-electron chi connectivity index (χ3n) is 5.12. The second kappa shape index (κ2) is 6.30. The maximum absolute atomic E-state index is 13.0. The van der Waals surface area contributed by atoms with Crippen LogP contribution in [0.5, 0.6) is 0 Å². The van der Waals surface area contributed by atoms with Gasteiger partial charge in [-0.05, 0) is 49.8 Å². The fourth-order valence-electron chi connectivity index (χ4n) is 2.50. The lowest BCUT2D eigenvalue weighted by atomic mass is 10.2. The van der Waals surface area contributed by atoms with Crippen molar-refractivity contribution in [3.63, 3.8) is 0 Å². The molecule has 2 nitrogen and oxygen atoms in total. The molecule has 0 bridgehead atoms. The van der Waals surface area contributed by atoms with Crippen molar-refractivity contribution >= 4 is 70.8 Å². The fraction of sp³-hybridized carbons (Fsp3) is 0.333. The highest BCUT2D eigenvalue weighted by atomic mass is 79.9. The van der Waals surface area contributed by atoms with Crippen LogP contribution in [0.2, 0.25) is 18.1 Å². The van der Waals surface area contributed by atoms with Gasteiger partial charge in [0.1, 0.15) is 0 Å². The van der Waals surface area contributed by atoms with Crippen LogP contribution in [-0.4, -0.2) is 16.5 Å². The van der Waals surface area contributed by atoms with Crippen molar-refractivity contribution in [1.82, 2.24) is 0 Å². The number of hydrogen-bond acceptors (Lipinski definition) is 4. The van der Waals surface area contributed by atoms with Crippen molar-refractivity contribution in [3.05, 3.63) is 50.0 Å². The summed E-state index contributed by atoms with van der Waals surface area (Å²) in [5.74, 6) is 0. The molecule has 0 spiro atoms. The van der Waals surface area contributed by atoms with Gasteiger partial charge in [-0.25, -0.2) is 8.42 Å². The molecular weight excluding hydrogens is 452 g/mol. The van der Waals surface area contributed by atoms with Crippen molar-refractivity contribution in [3.8, 4) is 0 Å². The summed E-state index contributed by atoms with van der Waals surface area (Å²) in [6.07, 6.45) is 3.48. The average Bonchev–Trinajstić information content (AvgIpc) is 3.16. The normalized spacial score (nSPS) is 17.5. The van der Waals surface area contributed by atoms with Crippen LogP contribution in [0.25, 0.3) is 9.81 Å². The van der Waals surface area contributed by atoms with E-state index in [1.54, 1.807) is 23.5 Å². The van der Waals surface area contributed by atoms with E-state index in [0.717, 1.165) is 14.2 Å².